The number of benzene rings is 1. The monoisotopic (exact) mass is 247 g/mol. The molecule has 1 heterocycles. The van der Waals surface area contributed by atoms with E-state index in [1.165, 1.54) is 11.1 Å². The van der Waals surface area contributed by atoms with E-state index >= 15 is 0 Å². The van der Waals surface area contributed by atoms with Gasteiger partial charge in [0.15, 0.2) is 0 Å². The molecular weight excluding hydrogens is 222 g/mol. The summed E-state index contributed by atoms with van der Waals surface area (Å²) in [5, 5.41) is 7.26. The molecule has 3 nitrogen and oxygen atoms in total. The number of hydrogen-bond acceptors (Lipinski definition) is 3. The number of hydrogen-bond donors (Lipinski definition) is 2. The summed E-state index contributed by atoms with van der Waals surface area (Å²) in [5.41, 5.74) is 2.90. The molecule has 0 amide bonds. The number of likely N-dealkylation sites (N-methyl/N-ethyl adjacent to an activating group) is 1. The maximum Gasteiger partial charge on any atom is 0.0338 e. The predicted octanol–water partition coefficient (Wildman–Crippen LogP) is 1.76. The smallest absolute Gasteiger partial charge is 0.0338 e. The third kappa shape index (κ3) is 3.55. The molecule has 0 saturated carbocycles. The van der Waals surface area contributed by atoms with Crippen molar-refractivity contribution >= 4 is 0 Å². The Morgan fingerprint density at radius 3 is 2.94 bits per heavy atom. The second kappa shape index (κ2) is 6.32. The lowest BCUT2D eigenvalue weighted by atomic mass is 9.98. The topological polar surface area (TPSA) is 27.3 Å². The Balaban J connectivity index is 2.08. The first-order chi connectivity index (χ1) is 8.66. The van der Waals surface area contributed by atoms with E-state index in [0.29, 0.717) is 12.1 Å². The van der Waals surface area contributed by atoms with Crippen LogP contribution in [0.2, 0.25) is 0 Å². The van der Waals surface area contributed by atoms with Crippen LogP contribution >= 0.6 is 0 Å². The summed E-state index contributed by atoms with van der Waals surface area (Å²) >= 11 is 0. The maximum atomic E-state index is 3.76. The lowest BCUT2D eigenvalue weighted by Crippen LogP contribution is -2.38. The van der Waals surface area contributed by atoms with Crippen LogP contribution in [0.15, 0.2) is 24.3 Å². The molecule has 2 N–H and O–H groups in total. The van der Waals surface area contributed by atoms with Crippen molar-refractivity contribution in [1.82, 2.24) is 15.5 Å². The summed E-state index contributed by atoms with van der Waals surface area (Å²) < 4.78 is 0. The molecule has 2 rings (SSSR count). The molecule has 0 fully saturated rings. The third-order valence-corrected chi connectivity index (χ3v) is 3.48. The summed E-state index contributed by atoms with van der Waals surface area (Å²) in [6.45, 7) is 5.42. The van der Waals surface area contributed by atoms with E-state index in [9.17, 15) is 0 Å². The van der Waals surface area contributed by atoms with Crippen molar-refractivity contribution in [3.8, 4) is 0 Å². The Morgan fingerprint density at radius 1 is 1.39 bits per heavy atom. The van der Waals surface area contributed by atoms with E-state index in [2.05, 4.69) is 60.8 Å². The maximum absolute atomic E-state index is 3.76. The van der Waals surface area contributed by atoms with Crippen LogP contribution < -0.4 is 10.6 Å². The third-order valence-electron chi connectivity index (χ3n) is 3.48. The Hall–Kier alpha value is -0.900. The lowest BCUT2D eigenvalue weighted by molar-refractivity contribution is 0.324. The summed E-state index contributed by atoms with van der Waals surface area (Å²) in [6.07, 6.45) is 1.16. The van der Waals surface area contributed by atoms with Crippen LogP contribution in [-0.2, 0) is 6.54 Å². The molecule has 18 heavy (non-hydrogen) atoms. The number of nitrogens with one attached hydrogen (secondary N) is 2. The average molecular weight is 247 g/mol. The van der Waals surface area contributed by atoms with Crippen LogP contribution in [-0.4, -0.2) is 38.1 Å². The Kier molecular flexibility index (Phi) is 4.75. The fraction of sp³-hybridized carbons (Fsp3) is 0.600. The zero-order chi connectivity index (χ0) is 13.0. The highest BCUT2D eigenvalue weighted by molar-refractivity contribution is 5.31. The number of nitrogens with zero attached hydrogens (tertiary/aromatic N) is 1. The predicted molar refractivity (Wildman–Crippen MR) is 76.7 cm³/mol. The second-order valence-corrected chi connectivity index (χ2v) is 5.55. The lowest BCUT2D eigenvalue weighted by Gasteiger charge is -2.25. The van der Waals surface area contributed by atoms with Crippen molar-refractivity contribution in [2.45, 2.75) is 32.0 Å². The van der Waals surface area contributed by atoms with Crippen molar-refractivity contribution in [2.24, 2.45) is 0 Å². The molecule has 1 aromatic carbocycles. The normalized spacial score (nSPS) is 21.4. The molecule has 0 radical (unpaired) electrons. The van der Waals surface area contributed by atoms with Crippen LogP contribution in [0.25, 0.3) is 0 Å². The molecule has 1 aromatic rings. The fourth-order valence-corrected chi connectivity index (χ4v) is 2.78. The van der Waals surface area contributed by atoms with E-state index in [0.717, 1.165) is 26.1 Å². The molecule has 0 aliphatic carbocycles. The second-order valence-electron chi connectivity index (χ2n) is 5.55. The largest absolute Gasteiger partial charge is 0.313 e. The first kappa shape index (κ1) is 13.5. The van der Waals surface area contributed by atoms with E-state index < -0.39 is 0 Å². The molecule has 3 heteroatoms. The van der Waals surface area contributed by atoms with Crippen molar-refractivity contribution < 1.29 is 0 Å². The Labute approximate surface area is 111 Å². The van der Waals surface area contributed by atoms with Gasteiger partial charge in [-0.3, -0.25) is 0 Å². The van der Waals surface area contributed by atoms with Gasteiger partial charge in [0.25, 0.3) is 0 Å². The van der Waals surface area contributed by atoms with Gasteiger partial charge in [0.05, 0.1) is 0 Å². The van der Waals surface area contributed by atoms with Crippen LogP contribution in [0.3, 0.4) is 0 Å². The summed E-state index contributed by atoms with van der Waals surface area (Å²) in [4.78, 5) is 2.23. The Bertz CT molecular complexity index is 376. The summed E-state index contributed by atoms with van der Waals surface area (Å²) in [5.74, 6) is 0. The van der Waals surface area contributed by atoms with Crippen LogP contribution in [0.4, 0.5) is 0 Å². The molecule has 1 aliphatic heterocycles. The molecule has 2 atom stereocenters. The average Bonchev–Trinajstić information content (AvgIpc) is 2.51. The van der Waals surface area contributed by atoms with Crippen LogP contribution in [0.1, 0.15) is 30.5 Å². The van der Waals surface area contributed by atoms with Gasteiger partial charge in [-0.25, -0.2) is 0 Å². The number of rotatable bonds is 4. The van der Waals surface area contributed by atoms with Gasteiger partial charge in [-0.15, -0.1) is 0 Å². The van der Waals surface area contributed by atoms with Crippen molar-refractivity contribution in [3.63, 3.8) is 0 Å². The highest BCUT2D eigenvalue weighted by Gasteiger charge is 2.19. The number of fused-ring (bicyclic) bond motifs is 1. The van der Waals surface area contributed by atoms with Gasteiger partial charge in [0.2, 0.25) is 0 Å². The van der Waals surface area contributed by atoms with Crippen molar-refractivity contribution in [1.29, 1.82) is 0 Å². The van der Waals surface area contributed by atoms with E-state index in [-0.39, 0.29) is 0 Å². The SMILES string of the molecule is CC(CN(C)C)NC1CCNCc2ccccc21. The van der Waals surface area contributed by atoms with Gasteiger partial charge in [-0.05, 0) is 45.1 Å². The molecule has 0 aromatic heterocycles. The van der Waals surface area contributed by atoms with Gasteiger partial charge >= 0.3 is 0 Å². The van der Waals surface area contributed by atoms with E-state index in [1.807, 2.05) is 0 Å². The first-order valence-electron chi connectivity index (χ1n) is 6.86. The molecular formula is C15H25N3. The summed E-state index contributed by atoms with van der Waals surface area (Å²) in [7, 11) is 4.25. The molecule has 0 bridgehead atoms. The quantitative estimate of drug-likeness (QED) is 0.849. The van der Waals surface area contributed by atoms with Gasteiger partial charge < -0.3 is 15.5 Å². The highest BCUT2D eigenvalue weighted by atomic mass is 15.1. The van der Waals surface area contributed by atoms with E-state index in [4.69, 9.17) is 0 Å². The Morgan fingerprint density at radius 2 is 2.17 bits per heavy atom. The van der Waals surface area contributed by atoms with Gasteiger partial charge in [-0.2, -0.15) is 0 Å². The standard InChI is InChI=1S/C15H25N3/c1-12(11-18(2)3)17-15-8-9-16-10-13-6-4-5-7-14(13)15/h4-7,12,15-17H,8-11H2,1-3H3. The molecule has 100 valence electrons. The molecule has 0 spiro atoms. The van der Waals surface area contributed by atoms with Gasteiger partial charge in [0, 0.05) is 25.2 Å². The highest BCUT2D eigenvalue weighted by Crippen LogP contribution is 2.23. The molecule has 1 aliphatic rings. The zero-order valence-electron chi connectivity index (χ0n) is 11.7. The minimum Gasteiger partial charge on any atom is -0.313 e. The molecule has 0 saturated heterocycles. The minimum atomic E-state index is 0.478. The van der Waals surface area contributed by atoms with Crippen molar-refractivity contribution in [3.05, 3.63) is 35.4 Å². The zero-order valence-corrected chi connectivity index (χ0v) is 11.7. The molecule has 2 unspecified atom stereocenters. The summed E-state index contributed by atoms with van der Waals surface area (Å²) in [6, 6.07) is 9.77. The van der Waals surface area contributed by atoms with Gasteiger partial charge in [0.1, 0.15) is 0 Å². The fourth-order valence-electron chi connectivity index (χ4n) is 2.78. The van der Waals surface area contributed by atoms with Crippen LogP contribution in [0, 0.1) is 0 Å². The van der Waals surface area contributed by atoms with Gasteiger partial charge in [-0.1, -0.05) is 24.3 Å². The minimum absolute atomic E-state index is 0.478. The first-order valence-corrected chi connectivity index (χ1v) is 6.86. The van der Waals surface area contributed by atoms with Crippen molar-refractivity contribution in [2.75, 3.05) is 27.2 Å². The van der Waals surface area contributed by atoms with Crippen LogP contribution in [0.5, 0.6) is 0 Å². The van der Waals surface area contributed by atoms with E-state index in [1.54, 1.807) is 0 Å².